The summed E-state index contributed by atoms with van der Waals surface area (Å²) in [7, 11) is -3.26. The van der Waals surface area contributed by atoms with Gasteiger partial charge in [-0.3, -0.25) is 0 Å². The molecule has 1 heterocycles. The highest BCUT2D eigenvalue weighted by molar-refractivity contribution is 7.87. The van der Waals surface area contributed by atoms with Crippen LogP contribution in [0.25, 0.3) is 0 Å². The third-order valence-corrected chi connectivity index (χ3v) is 4.12. The van der Waals surface area contributed by atoms with Crippen molar-refractivity contribution in [3.63, 3.8) is 0 Å². The van der Waals surface area contributed by atoms with Gasteiger partial charge < -0.3 is 5.11 Å². The van der Waals surface area contributed by atoms with Crippen molar-refractivity contribution in [2.45, 2.75) is 19.8 Å². The Labute approximate surface area is 85.3 Å². The van der Waals surface area contributed by atoms with Crippen LogP contribution in [0.4, 0.5) is 0 Å². The quantitative estimate of drug-likeness (QED) is 0.661. The van der Waals surface area contributed by atoms with E-state index in [1.54, 1.807) is 6.92 Å². The summed E-state index contributed by atoms with van der Waals surface area (Å²) >= 11 is 0. The fourth-order valence-electron chi connectivity index (χ4n) is 1.71. The first-order valence-electron chi connectivity index (χ1n) is 4.95. The summed E-state index contributed by atoms with van der Waals surface area (Å²) in [5.74, 6) is 0.313. The van der Waals surface area contributed by atoms with Crippen LogP contribution >= 0.6 is 0 Å². The van der Waals surface area contributed by atoms with Crippen LogP contribution in [0.2, 0.25) is 0 Å². The molecule has 1 rings (SSSR count). The van der Waals surface area contributed by atoms with Crippen molar-refractivity contribution in [2.75, 3.05) is 26.2 Å². The van der Waals surface area contributed by atoms with Crippen molar-refractivity contribution >= 4 is 10.2 Å². The summed E-state index contributed by atoms with van der Waals surface area (Å²) in [6.45, 7) is 3.43. The largest absolute Gasteiger partial charge is 0.396 e. The van der Waals surface area contributed by atoms with Gasteiger partial charge in [0.1, 0.15) is 0 Å². The number of hydrogen-bond acceptors (Lipinski definition) is 3. The summed E-state index contributed by atoms with van der Waals surface area (Å²) in [5.41, 5.74) is 0. The van der Waals surface area contributed by atoms with E-state index in [2.05, 4.69) is 4.72 Å². The zero-order valence-corrected chi connectivity index (χ0v) is 9.26. The third kappa shape index (κ3) is 2.91. The van der Waals surface area contributed by atoms with Gasteiger partial charge in [-0.05, 0) is 18.8 Å². The number of rotatable bonds is 5. The number of aliphatic hydroxyl groups excluding tert-OH is 1. The lowest BCUT2D eigenvalue weighted by atomic mass is 10.1. The Morgan fingerprint density at radius 3 is 2.86 bits per heavy atom. The molecule has 0 aliphatic carbocycles. The van der Waals surface area contributed by atoms with Crippen molar-refractivity contribution < 1.29 is 13.5 Å². The van der Waals surface area contributed by atoms with Crippen molar-refractivity contribution in [1.29, 1.82) is 0 Å². The van der Waals surface area contributed by atoms with Gasteiger partial charge in [-0.2, -0.15) is 12.7 Å². The maximum atomic E-state index is 11.5. The molecule has 1 fully saturated rings. The van der Waals surface area contributed by atoms with E-state index in [4.69, 9.17) is 5.11 Å². The van der Waals surface area contributed by atoms with E-state index in [1.165, 1.54) is 4.31 Å². The molecular weight excluding hydrogens is 204 g/mol. The predicted octanol–water partition coefficient (Wildman–Crippen LogP) is -0.455. The molecule has 0 aromatic carbocycles. The maximum absolute atomic E-state index is 11.5. The fraction of sp³-hybridized carbons (Fsp3) is 1.00. The van der Waals surface area contributed by atoms with Gasteiger partial charge in [0.25, 0.3) is 10.2 Å². The number of hydrogen-bond donors (Lipinski definition) is 2. The van der Waals surface area contributed by atoms with Gasteiger partial charge in [0.15, 0.2) is 0 Å². The molecule has 84 valence electrons. The molecule has 0 spiro atoms. The second-order valence-corrected chi connectivity index (χ2v) is 5.28. The topological polar surface area (TPSA) is 69.6 Å². The van der Waals surface area contributed by atoms with Crippen molar-refractivity contribution in [3.8, 4) is 0 Å². The van der Waals surface area contributed by atoms with Gasteiger partial charge in [0, 0.05) is 26.2 Å². The zero-order valence-electron chi connectivity index (χ0n) is 8.44. The number of nitrogens with one attached hydrogen (secondary N) is 1. The summed E-state index contributed by atoms with van der Waals surface area (Å²) in [4.78, 5) is 0. The first-order valence-corrected chi connectivity index (χ1v) is 6.39. The number of aliphatic hydroxyl groups is 1. The van der Waals surface area contributed by atoms with E-state index in [0.717, 1.165) is 6.42 Å². The Balaban J connectivity index is 2.49. The van der Waals surface area contributed by atoms with Gasteiger partial charge in [-0.1, -0.05) is 6.92 Å². The minimum absolute atomic E-state index is 0.139. The summed E-state index contributed by atoms with van der Waals surface area (Å²) < 4.78 is 27.0. The van der Waals surface area contributed by atoms with Gasteiger partial charge in [-0.15, -0.1) is 0 Å². The van der Waals surface area contributed by atoms with Crippen LogP contribution in [0.5, 0.6) is 0 Å². The van der Waals surface area contributed by atoms with E-state index in [1.807, 2.05) is 0 Å². The van der Waals surface area contributed by atoms with Gasteiger partial charge in [0.05, 0.1) is 0 Å². The highest BCUT2D eigenvalue weighted by Crippen LogP contribution is 2.20. The molecule has 0 amide bonds. The Morgan fingerprint density at radius 1 is 1.57 bits per heavy atom. The van der Waals surface area contributed by atoms with Crippen LogP contribution in [0.3, 0.4) is 0 Å². The van der Waals surface area contributed by atoms with Crippen LogP contribution in [0.15, 0.2) is 0 Å². The van der Waals surface area contributed by atoms with Crippen LogP contribution in [-0.2, 0) is 10.2 Å². The summed E-state index contributed by atoms with van der Waals surface area (Å²) in [5, 5.41) is 8.74. The summed E-state index contributed by atoms with van der Waals surface area (Å²) in [6.07, 6.45) is 1.54. The zero-order chi connectivity index (χ0) is 10.6. The summed E-state index contributed by atoms with van der Waals surface area (Å²) in [6, 6.07) is 0. The average molecular weight is 222 g/mol. The molecule has 0 bridgehead atoms. The van der Waals surface area contributed by atoms with E-state index < -0.39 is 10.2 Å². The first-order chi connectivity index (χ1) is 6.60. The molecule has 5 nitrogen and oxygen atoms in total. The van der Waals surface area contributed by atoms with Gasteiger partial charge in [-0.25, -0.2) is 4.72 Å². The van der Waals surface area contributed by atoms with E-state index in [0.29, 0.717) is 32.0 Å². The molecule has 1 aliphatic rings. The normalized spacial score (nSPS) is 24.3. The van der Waals surface area contributed by atoms with Gasteiger partial charge >= 0.3 is 0 Å². The molecular formula is C8H18N2O3S. The predicted molar refractivity (Wildman–Crippen MR) is 54.0 cm³/mol. The first kappa shape index (κ1) is 11.9. The molecule has 2 N–H and O–H groups in total. The molecule has 0 radical (unpaired) electrons. The van der Waals surface area contributed by atoms with Crippen LogP contribution in [0, 0.1) is 5.92 Å². The fourth-order valence-corrected chi connectivity index (χ4v) is 3.01. The maximum Gasteiger partial charge on any atom is 0.279 e. The standard InChI is InChI=1S/C8H18N2O3S/c1-2-9-14(12,13)10-5-3-8(7-10)4-6-11/h8-9,11H,2-7H2,1H3. The molecule has 1 unspecified atom stereocenters. The second kappa shape index (κ2) is 5.06. The average Bonchev–Trinajstić information content (AvgIpc) is 2.54. The van der Waals surface area contributed by atoms with Crippen LogP contribution in [-0.4, -0.2) is 44.1 Å². The lowest BCUT2D eigenvalue weighted by Crippen LogP contribution is -2.39. The second-order valence-electron chi connectivity index (χ2n) is 3.53. The number of nitrogens with zero attached hydrogens (tertiary/aromatic N) is 1. The lowest BCUT2D eigenvalue weighted by molar-refractivity contribution is 0.259. The monoisotopic (exact) mass is 222 g/mol. The molecule has 14 heavy (non-hydrogen) atoms. The van der Waals surface area contributed by atoms with E-state index in [9.17, 15) is 8.42 Å². The highest BCUT2D eigenvalue weighted by Gasteiger charge is 2.30. The van der Waals surface area contributed by atoms with E-state index in [-0.39, 0.29) is 6.61 Å². The lowest BCUT2D eigenvalue weighted by Gasteiger charge is -2.16. The molecule has 6 heteroatoms. The van der Waals surface area contributed by atoms with Crippen molar-refractivity contribution in [1.82, 2.24) is 9.03 Å². The Kier molecular flexibility index (Phi) is 4.31. The molecule has 0 aromatic rings. The molecule has 1 atom stereocenters. The molecule has 1 aliphatic heterocycles. The molecule has 0 saturated carbocycles. The smallest absolute Gasteiger partial charge is 0.279 e. The minimum atomic E-state index is -3.26. The SMILES string of the molecule is CCNS(=O)(=O)N1CCC(CCO)C1. The minimum Gasteiger partial charge on any atom is -0.396 e. The van der Waals surface area contributed by atoms with Gasteiger partial charge in [0.2, 0.25) is 0 Å². The highest BCUT2D eigenvalue weighted by atomic mass is 32.2. The van der Waals surface area contributed by atoms with Crippen molar-refractivity contribution in [2.24, 2.45) is 5.92 Å². The van der Waals surface area contributed by atoms with E-state index >= 15 is 0 Å². The molecule has 1 saturated heterocycles. The Hall–Kier alpha value is -0.170. The van der Waals surface area contributed by atoms with Crippen LogP contribution < -0.4 is 4.72 Å². The Morgan fingerprint density at radius 2 is 2.29 bits per heavy atom. The van der Waals surface area contributed by atoms with Crippen LogP contribution in [0.1, 0.15) is 19.8 Å². The van der Waals surface area contributed by atoms with Crippen molar-refractivity contribution in [3.05, 3.63) is 0 Å². The molecule has 0 aromatic heterocycles. The Bertz CT molecular complexity index is 266. The third-order valence-electron chi connectivity index (χ3n) is 2.45.